The van der Waals surface area contributed by atoms with Crippen molar-refractivity contribution in [3.8, 4) is 0 Å². The Balaban J connectivity index is 1.74. The molecule has 3 nitrogen and oxygen atoms in total. The molecular formula is C30H26F5O3S2+. The van der Waals surface area contributed by atoms with Gasteiger partial charge in [-0.1, -0.05) is 67.8 Å². The van der Waals surface area contributed by atoms with Crippen LogP contribution in [-0.2, 0) is 10.1 Å². The van der Waals surface area contributed by atoms with E-state index >= 15 is 0 Å². The molecule has 0 aromatic heterocycles. The molecule has 0 heterocycles. The van der Waals surface area contributed by atoms with Crippen molar-refractivity contribution in [3.05, 3.63) is 120 Å². The predicted octanol–water partition coefficient (Wildman–Crippen LogP) is 9.11. The first-order valence-electron chi connectivity index (χ1n) is 12.7. The zero-order valence-electron chi connectivity index (χ0n) is 21.2. The lowest BCUT2D eigenvalue weighted by molar-refractivity contribution is 0.338. The molecule has 1 N–H and O–H groups in total. The van der Waals surface area contributed by atoms with Crippen LogP contribution in [0.5, 0.6) is 0 Å². The van der Waals surface area contributed by atoms with Gasteiger partial charge in [-0.15, -0.1) is 8.42 Å². The van der Waals surface area contributed by atoms with Gasteiger partial charge in [0.05, 0.1) is 25.0 Å². The summed E-state index contributed by atoms with van der Waals surface area (Å²) in [5.74, 6) is -11.7. The number of halogens is 5. The highest BCUT2D eigenvalue weighted by Crippen LogP contribution is 2.68. The maximum absolute atomic E-state index is 14.8. The molecule has 0 saturated heterocycles. The van der Waals surface area contributed by atoms with Crippen molar-refractivity contribution in [1.29, 1.82) is 0 Å². The van der Waals surface area contributed by atoms with Crippen molar-refractivity contribution in [2.75, 3.05) is 0 Å². The molecule has 1 aliphatic rings. The number of hydrogen-bond donors (Lipinski definition) is 0. The fraction of sp³-hybridized carbons (Fsp3) is 0.200. The Labute approximate surface area is 231 Å². The van der Waals surface area contributed by atoms with Crippen molar-refractivity contribution in [3.63, 3.8) is 0 Å². The van der Waals surface area contributed by atoms with Crippen LogP contribution in [0.4, 0.5) is 22.0 Å². The van der Waals surface area contributed by atoms with Crippen molar-refractivity contribution in [2.24, 2.45) is 0 Å². The van der Waals surface area contributed by atoms with Gasteiger partial charge in [0.2, 0.25) is 10.7 Å². The lowest BCUT2D eigenvalue weighted by Gasteiger charge is -2.35. The van der Waals surface area contributed by atoms with Crippen molar-refractivity contribution in [2.45, 2.75) is 57.6 Å². The summed E-state index contributed by atoms with van der Waals surface area (Å²) in [5, 5.41) is 0. The summed E-state index contributed by atoms with van der Waals surface area (Å²) in [6.45, 7) is 0. The minimum absolute atomic E-state index is 0.356. The zero-order valence-corrected chi connectivity index (χ0v) is 22.8. The van der Waals surface area contributed by atoms with Crippen LogP contribution in [0.3, 0.4) is 0 Å². The standard InChI is InChI=1S/C30H25F5O3S2/c31-25-26(32)28(34)30(29(35)27(25)33)40(36,37)38-39(22-12-6-2-7-13-22,23-14-8-3-9-15-23)24-18-16-21(17-19-24)20-10-4-1-5-11-20/h2-3,6-9,12-20H,1,4-5,10-11H2/p+1. The highest BCUT2D eigenvalue weighted by molar-refractivity contribution is 8.32. The Hall–Kier alpha value is -3.21. The molecule has 210 valence electrons. The quantitative estimate of drug-likeness (QED) is 0.0706. The summed E-state index contributed by atoms with van der Waals surface area (Å²) in [4.78, 5) is -0.749. The van der Waals surface area contributed by atoms with Gasteiger partial charge in [0.1, 0.15) is 0 Å². The van der Waals surface area contributed by atoms with E-state index < -0.39 is 54.4 Å². The topological polar surface area (TPSA) is 46.9 Å². The van der Waals surface area contributed by atoms with Gasteiger partial charge in [-0.2, -0.15) is 0 Å². The fourth-order valence-electron chi connectivity index (χ4n) is 5.14. The molecule has 10 heteroatoms. The van der Waals surface area contributed by atoms with Gasteiger partial charge in [-0.25, -0.2) is 22.0 Å². The largest absolute Gasteiger partial charge is 0.428 e. The molecule has 0 radical (unpaired) electrons. The second-order valence-electron chi connectivity index (χ2n) is 9.56. The Morgan fingerprint density at radius 2 is 0.975 bits per heavy atom. The van der Waals surface area contributed by atoms with Crippen molar-refractivity contribution in [1.82, 2.24) is 0 Å². The van der Waals surface area contributed by atoms with Crippen LogP contribution in [-0.4, -0.2) is 12.0 Å². The van der Waals surface area contributed by atoms with E-state index in [-0.39, 0.29) is 0 Å². The maximum Gasteiger partial charge on any atom is 0.428 e. The Morgan fingerprint density at radius 3 is 1.45 bits per heavy atom. The third kappa shape index (κ3) is 5.04. The molecule has 1 saturated carbocycles. The van der Waals surface area contributed by atoms with E-state index in [1.54, 1.807) is 72.8 Å². The molecule has 0 bridgehead atoms. The minimum Gasteiger partial charge on any atom is -0.258 e. The normalized spacial score (nSPS) is 15.2. The molecular weight excluding hydrogens is 567 g/mol. The second kappa shape index (κ2) is 11.3. The molecule has 1 aliphatic carbocycles. The van der Waals surface area contributed by atoms with E-state index in [2.05, 4.69) is 3.63 Å². The second-order valence-corrected chi connectivity index (χ2v) is 14.1. The molecule has 0 unspecified atom stereocenters. The van der Waals surface area contributed by atoms with Crippen LogP contribution in [0, 0.1) is 29.1 Å². The van der Waals surface area contributed by atoms with E-state index in [4.69, 9.17) is 0 Å². The van der Waals surface area contributed by atoms with E-state index in [0.717, 1.165) is 31.2 Å². The first kappa shape index (κ1) is 28.3. The van der Waals surface area contributed by atoms with Crippen LogP contribution in [0.15, 0.2) is 105 Å². The van der Waals surface area contributed by atoms with Crippen molar-refractivity contribution < 1.29 is 34.0 Å². The molecule has 4 aromatic carbocycles. The molecule has 40 heavy (non-hydrogen) atoms. The highest BCUT2D eigenvalue weighted by Gasteiger charge is 2.47. The summed E-state index contributed by atoms with van der Waals surface area (Å²) in [7, 11) is -8.64. The smallest absolute Gasteiger partial charge is 0.258 e. The van der Waals surface area contributed by atoms with E-state index in [9.17, 15) is 30.4 Å². The molecule has 0 aliphatic heterocycles. The summed E-state index contributed by atoms with van der Waals surface area (Å²) in [5.41, 5.74) is 1.08. The van der Waals surface area contributed by atoms with Crippen LogP contribution < -0.4 is 0 Å². The first-order chi connectivity index (χ1) is 19.2. The van der Waals surface area contributed by atoms with Gasteiger partial charge in [-0.3, -0.25) is 3.63 Å². The maximum atomic E-state index is 14.8. The Bertz CT molecular complexity index is 1540. The number of rotatable bonds is 7. The summed E-state index contributed by atoms with van der Waals surface area (Å²) in [6.07, 6.45) is 5.48. The molecule has 4 aromatic rings. The lowest BCUT2D eigenvalue weighted by Crippen LogP contribution is -2.22. The average Bonchev–Trinajstić information content (AvgIpc) is 2.99. The van der Waals surface area contributed by atoms with Crippen LogP contribution >= 0.6 is 10.3 Å². The monoisotopic (exact) mass is 593 g/mol. The van der Waals surface area contributed by atoms with Gasteiger partial charge in [0.25, 0.3) is 0 Å². The van der Waals surface area contributed by atoms with Crippen LogP contribution in [0.25, 0.3) is 0 Å². The van der Waals surface area contributed by atoms with E-state index in [1.807, 2.05) is 12.1 Å². The average molecular weight is 594 g/mol. The van der Waals surface area contributed by atoms with Gasteiger partial charge in [-0.05, 0) is 60.7 Å². The molecule has 0 spiro atoms. The number of benzene rings is 4. The van der Waals surface area contributed by atoms with Gasteiger partial charge in [0, 0.05) is 0 Å². The van der Waals surface area contributed by atoms with Gasteiger partial charge >= 0.3 is 10.1 Å². The minimum atomic E-state index is -5.45. The molecule has 5 rings (SSSR count). The number of hydrogen-bond acceptors (Lipinski definition) is 2. The summed E-state index contributed by atoms with van der Waals surface area (Å²) >= 11 is 0. The van der Waals surface area contributed by atoms with E-state index in [1.165, 1.54) is 6.42 Å². The first-order valence-corrected chi connectivity index (χ1v) is 15.7. The molecule has 0 atom stereocenters. The SMILES string of the molecule is O=S(=O)([OH+]S(c1ccccc1)(c1ccccc1)c1ccc(C2CCCCC2)cc1)c1c(F)c(F)c(F)c(F)c1F. The van der Waals surface area contributed by atoms with Gasteiger partial charge < -0.3 is 0 Å². The van der Waals surface area contributed by atoms with E-state index in [0.29, 0.717) is 20.6 Å². The fourth-order valence-corrected chi connectivity index (χ4v) is 10.7. The Morgan fingerprint density at radius 1 is 0.550 bits per heavy atom. The zero-order chi connectivity index (χ0) is 28.5. The lowest BCUT2D eigenvalue weighted by atomic mass is 9.84. The van der Waals surface area contributed by atoms with Crippen molar-refractivity contribution >= 4 is 20.4 Å². The predicted molar refractivity (Wildman–Crippen MR) is 144 cm³/mol. The van der Waals surface area contributed by atoms with Crippen LogP contribution in [0.2, 0.25) is 0 Å². The summed E-state index contributed by atoms with van der Waals surface area (Å²) < 4.78 is 103. The molecule has 0 amide bonds. The molecule has 1 fully saturated rings. The highest BCUT2D eigenvalue weighted by atomic mass is 32.3. The van der Waals surface area contributed by atoms with Crippen LogP contribution in [0.1, 0.15) is 43.6 Å². The summed E-state index contributed by atoms with van der Waals surface area (Å²) in [6, 6.07) is 23.9. The third-order valence-corrected chi connectivity index (χ3v) is 12.5. The van der Waals surface area contributed by atoms with Gasteiger partial charge in [0.15, 0.2) is 23.3 Å². The Kier molecular flexibility index (Phi) is 8.03. The third-order valence-electron chi connectivity index (χ3n) is 7.10.